The van der Waals surface area contributed by atoms with Gasteiger partial charge in [-0.25, -0.2) is 9.07 Å². The first kappa shape index (κ1) is 20.4. The molecule has 0 saturated carbocycles. The molecule has 1 saturated heterocycles. The summed E-state index contributed by atoms with van der Waals surface area (Å²) in [6.45, 7) is 4.00. The molecule has 162 valence electrons. The Balaban J connectivity index is 1.61. The first-order chi connectivity index (χ1) is 15.4. The summed E-state index contributed by atoms with van der Waals surface area (Å²) < 4.78 is 15.1. The predicted molar refractivity (Wildman–Crippen MR) is 124 cm³/mol. The first-order valence-electron chi connectivity index (χ1n) is 10.7. The molecule has 6 heteroatoms. The molecule has 1 amide bonds. The Morgan fingerprint density at radius 3 is 2.34 bits per heavy atom. The largest absolute Gasteiger partial charge is 0.314 e. The molecule has 2 atom stereocenters. The second-order valence-electron chi connectivity index (χ2n) is 8.79. The Morgan fingerprint density at radius 1 is 0.969 bits per heavy atom. The number of rotatable bonds is 4. The number of hydrogen-bond donors (Lipinski definition) is 1. The number of amides is 1. The molecule has 5 nitrogen and oxygen atoms in total. The third-order valence-corrected chi connectivity index (χ3v) is 6.49. The minimum absolute atomic E-state index is 0.0463. The van der Waals surface area contributed by atoms with Crippen LogP contribution in [0.1, 0.15) is 25.5 Å². The molecular weight excluding hydrogens is 403 g/mol. The van der Waals surface area contributed by atoms with Gasteiger partial charge >= 0.3 is 0 Å². The SMILES string of the molecule is CN[C@@H]1[C@@H](c2ccccc2)N(c2ccc3c(cnn3-c3ccc(F)cc3)c2)C(=O)C1(C)C. The fourth-order valence-electron chi connectivity index (χ4n) is 4.86. The lowest BCUT2D eigenvalue weighted by Crippen LogP contribution is -2.41. The molecule has 5 rings (SSSR count). The van der Waals surface area contributed by atoms with Crippen LogP contribution >= 0.6 is 0 Å². The van der Waals surface area contributed by atoms with E-state index in [2.05, 4.69) is 22.5 Å². The number of halogens is 1. The number of anilines is 1. The van der Waals surface area contributed by atoms with E-state index in [0.29, 0.717) is 0 Å². The summed E-state index contributed by atoms with van der Waals surface area (Å²) >= 11 is 0. The molecule has 0 radical (unpaired) electrons. The lowest BCUT2D eigenvalue weighted by Gasteiger charge is -2.29. The zero-order valence-corrected chi connectivity index (χ0v) is 18.3. The van der Waals surface area contributed by atoms with Gasteiger partial charge in [0.2, 0.25) is 5.91 Å². The maximum atomic E-state index is 13.6. The zero-order valence-electron chi connectivity index (χ0n) is 18.3. The third kappa shape index (κ3) is 3.10. The van der Waals surface area contributed by atoms with Crippen molar-refractivity contribution >= 4 is 22.5 Å². The summed E-state index contributed by atoms with van der Waals surface area (Å²) in [6, 6.07) is 22.1. The van der Waals surface area contributed by atoms with Gasteiger partial charge < -0.3 is 10.2 Å². The van der Waals surface area contributed by atoms with E-state index in [1.165, 1.54) is 12.1 Å². The second kappa shape index (κ2) is 7.57. The van der Waals surface area contributed by atoms with Crippen LogP contribution in [0.15, 0.2) is 79.0 Å². The molecule has 0 spiro atoms. The lowest BCUT2D eigenvalue weighted by atomic mass is 9.82. The van der Waals surface area contributed by atoms with Gasteiger partial charge in [0.05, 0.1) is 28.9 Å². The number of benzene rings is 3. The number of hydrogen-bond acceptors (Lipinski definition) is 3. The number of fused-ring (bicyclic) bond motifs is 1. The van der Waals surface area contributed by atoms with Crippen LogP contribution in [0, 0.1) is 11.2 Å². The van der Waals surface area contributed by atoms with Crippen molar-refractivity contribution in [3.8, 4) is 5.69 Å². The molecule has 32 heavy (non-hydrogen) atoms. The average Bonchev–Trinajstić information content (AvgIpc) is 3.31. The van der Waals surface area contributed by atoms with E-state index < -0.39 is 5.41 Å². The van der Waals surface area contributed by atoms with Crippen molar-refractivity contribution in [1.82, 2.24) is 15.1 Å². The van der Waals surface area contributed by atoms with Crippen LogP contribution in [0.5, 0.6) is 0 Å². The summed E-state index contributed by atoms with van der Waals surface area (Å²) in [5, 5.41) is 8.80. The molecule has 1 aromatic heterocycles. The van der Waals surface area contributed by atoms with E-state index in [1.807, 2.05) is 62.2 Å². The summed E-state index contributed by atoms with van der Waals surface area (Å²) in [5.41, 5.74) is 3.04. The van der Waals surface area contributed by atoms with E-state index in [1.54, 1.807) is 23.0 Å². The fourth-order valence-corrected chi connectivity index (χ4v) is 4.86. The van der Waals surface area contributed by atoms with E-state index in [-0.39, 0.29) is 23.8 Å². The van der Waals surface area contributed by atoms with Crippen LogP contribution in [0.3, 0.4) is 0 Å². The molecule has 1 aliphatic heterocycles. The molecule has 4 aromatic rings. The Kier molecular flexibility index (Phi) is 4.82. The van der Waals surface area contributed by atoms with Gasteiger partial charge in [0, 0.05) is 17.1 Å². The number of nitrogens with one attached hydrogen (secondary N) is 1. The van der Waals surface area contributed by atoms with Crippen molar-refractivity contribution in [2.24, 2.45) is 5.41 Å². The lowest BCUT2D eigenvalue weighted by molar-refractivity contribution is -0.124. The van der Waals surface area contributed by atoms with Crippen LogP contribution in [-0.4, -0.2) is 28.8 Å². The highest BCUT2D eigenvalue weighted by Crippen LogP contribution is 2.46. The monoisotopic (exact) mass is 428 g/mol. The van der Waals surface area contributed by atoms with Gasteiger partial charge in [-0.2, -0.15) is 5.10 Å². The molecular formula is C26H25FN4O. The summed E-state index contributed by atoms with van der Waals surface area (Å²) in [7, 11) is 1.91. The number of aromatic nitrogens is 2. The molecule has 0 unspecified atom stereocenters. The standard InChI is InChI=1S/C26H25FN4O/c1-26(2)24(28-3)23(17-7-5-4-6-8-17)30(25(26)32)21-13-14-22-18(15-21)16-29-31(22)20-11-9-19(27)10-12-20/h4-16,23-24,28H,1-3H3/t23-,24-/m1/s1. The Morgan fingerprint density at radius 2 is 1.66 bits per heavy atom. The number of likely N-dealkylation sites (N-methyl/N-ethyl adjacent to an activating group) is 1. The van der Waals surface area contributed by atoms with Crippen LogP contribution in [0.25, 0.3) is 16.6 Å². The van der Waals surface area contributed by atoms with Crippen LogP contribution in [0.4, 0.5) is 10.1 Å². The molecule has 2 heterocycles. The third-order valence-electron chi connectivity index (χ3n) is 6.49. The van der Waals surface area contributed by atoms with Crippen molar-refractivity contribution in [3.63, 3.8) is 0 Å². The minimum atomic E-state index is -0.567. The predicted octanol–water partition coefficient (Wildman–Crippen LogP) is 4.87. The van der Waals surface area contributed by atoms with E-state index in [0.717, 1.165) is 27.8 Å². The topological polar surface area (TPSA) is 50.2 Å². The fraction of sp³-hybridized carbons (Fsp3) is 0.231. The van der Waals surface area contributed by atoms with Crippen molar-refractivity contribution < 1.29 is 9.18 Å². The second-order valence-corrected chi connectivity index (χ2v) is 8.79. The summed E-state index contributed by atoms with van der Waals surface area (Å²) in [5.74, 6) is -0.204. The number of carbonyl (C=O) groups excluding carboxylic acids is 1. The molecule has 0 bridgehead atoms. The van der Waals surface area contributed by atoms with E-state index >= 15 is 0 Å². The average molecular weight is 429 g/mol. The van der Waals surface area contributed by atoms with E-state index in [4.69, 9.17) is 0 Å². The Hall–Kier alpha value is -3.51. The van der Waals surface area contributed by atoms with Crippen molar-refractivity contribution in [1.29, 1.82) is 0 Å². The van der Waals surface area contributed by atoms with Crippen LogP contribution < -0.4 is 10.2 Å². The van der Waals surface area contributed by atoms with Gasteiger partial charge in [-0.3, -0.25) is 4.79 Å². The normalized spacial score (nSPS) is 20.2. The van der Waals surface area contributed by atoms with Gasteiger partial charge in [0.25, 0.3) is 0 Å². The Labute approximate surface area is 186 Å². The number of nitrogens with zero attached hydrogens (tertiary/aromatic N) is 3. The zero-order chi connectivity index (χ0) is 22.5. The van der Waals surface area contributed by atoms with Gasteiger partial charge in [-0.15, -0.1) is 0 Å². The van der Waals surface area contributed by atoms with Crippen molar-refractivity contribution in [3.05, 3.63) is 90.4 Å². The molecule has 1 fully saturated rings. The molecule has 3 aromatic carbocycles. The van der Waals surface area contributed by atoms with Crippen LogP contribution in [-0.2, 0) is 4.79 Å². The highest BCUT2D eigenvalue weighted by molar-refractivity contribution is 6.03. The van der Waals surface area contributed by atoms with Crippen molar-refractivity contribution in [2.45, 2.75) is 25.9 Å². The maximum Gasteiger partial charge on any atom is 0.234 e. The summed E-state index contributed by atoms with van der Waals surface area (Å²) in [4.78, 5) is 15.5. The first-order valence-corrected chi connectivity index (χ1v) is 10.7. The highest BCUT2D eigenvalue weighted by Gasteiger charge is 2.54. The molecule has 1 N–H and O–H groups in total. The van der Waals surface area contributed by atoms with Crippen LogP contribution in [0.2, 0.25) is 0 Å². The maximum absolute atomic E-state index is 13.6. The minimum Gasteiger partial charge on any atom is -0.314 e. The molecule has 1 aliphatic rings. The van der Waals surface area contributed by atoms with Gasteiger partial charge in [-0.05, 0) is 68.9 Å². The van der Waals surface area contributed by atoms with E-state index in [9.17, 15) is 9.18 Å². The Bertz CT molecular complexity index is 1280. The van der Waals surface area contributed by atoms with Gasteiger partial charge in [0.15, 0.2) is 0 Å². The van der Waals surface area contributed by atoms with Crippen molar-refractivity contribution in [2.75, 3.05) is 11.9 Å². The van der Waals surface area contributed by atoms with Gasteiger partial charge in [0.1, 0.15) is 5.82 Å². The summed E-state index contributed by atoms with van der Waals surface area (Å²) in [6.07, 6.45) is 1.78. The number of carbonyl (C=O) groups is 1. The highest BCUT2D eigenvalue weighted by atomic mass is 19.1. The smallest absolute Gasteiger partial charge is 0.234 e. The quantitative estimate of drug-likeness (QED) is 0.505. The molecule has 0 aliphatic carbocycles. The van der Waals surface area contributed by atoms with Gasteiger partial charge in [-0.1, -0.05) is 30.3 Å².